The highest BCUT2D eigenvalue weighted by Crippen LogP contribution is 2.42. The van der Waals surface area contributed by atoms with Crippen LogP contribution in [0.2, 0.25) is 0 Å². The predicted molar refractivity (Wildman–Crippen MR) is 79.3 cm³/mol. The number of nitrogens with two attached hydrogens (primary N) is 1. The van der Waals surface area contributed by atoms with Gasteiger partial charge in [-0.2, -0.15) is 5.10 Å². The van der Waals surface area contributed by atoms with Crippen LogP contribution in [-0.4, -0.2) is 16.3 Å². The Kier molecular flexibility index (Phi) is 3.09. The van der Waals surface area contributed by atoms with E-state index in [0.29, 0.717) is 0 Å². The van der Waals surface area contributed by atoms with Gasteiger partial charge in [-0.3, -0.25) is 4.68 Å². The summed E-state index contributed by atoms with van der Waals surface area (Å²) in [5.41, 5.74) is 10.2. The van der Waals surface area contributed by atoms with Gasteiger partial charge in [0.15, 0.2) is 0 Å². The molecule has 0 unspecified atom stereocenters. The van der Waals surface area contributed by atoms with Crippen LogP contribution in [-0.2, 0) is 12.5 Å². The highest BCUT2D eigenvalue weighted by molar-refractivity contribution is 5.86. The molecule has 1 fully saturated rings. The van der Waals surface area contributed by atoms with E-state index in [1.165, 1.54) is 48.6 Å². The summed E-state index contributed by atoms with van der Waals surface area (Å²) in [6, 6.07) is 6.59. The van der Waals surface area contributed by atoms with E-state index >= 15 is 0 Å². The number of nitrogens with zero attached hydrogens (tertiary/aromatic N) is 2. The van der Waals surface area contributed by atoms with Gasteiger partial charge in [-0.25, -0.2) is 0 Å². The summed E-state index contributed by atoms with van der Waals surface area (Å²) in [4.78, 5) is 0. The first-order chi connectivity index (χ1) is 9.18. The third-order valence-corrected chi connectivity index (χ3v) is 4.83. The summed E-state index contributed by atoms with van der Waals surface area (Å²) in [5, 5.41) is 5.92. The summed E-state index contributed by atoms with van der Waals surface area (Å²) < 4.78 is 1.99. The summed E-state index contributed by atoms with van der Waals surface area (Å²) in [5.74, 6) is 0. The Bertz CT molecular complexity index is 591. The SMILES string of the molecule is Cc1nn(C)c2cccc(C3(CN)CCCCC3)c12. The lowest BCUT2D eigenvalue weighted by Crippen LogP contribution is -2.37. The standard InChI is InChI=1S/C16H23N3/c1-12-15-13(7-6-8-14(15)19(2)18-12)16(11-17)9-4-3-5-10-16/h6-8H,3-5,9-11,17H2,1-2H3. The maximum Gasteiger partial charge on any atom is 0.0684 e. The van der Waals surface area contributed by atoms with Gasteiger partial charge in [0.2, 0.25) is 0 Å². The van der Waals surface area contributed by atoms with Gasteiger partial charge < -0.3 is 5.73 Å². The van der Waals surface area contributed by atoms with E-state index in [1.54, 1.807) is 0 Å². The summed E-state index contributed by atoms with van der Waals surface area (Å²) in [6.07, 6.45) is 6.39. The van der Waals surface area contributed by atoms with Crippen LogP contribution >= 0.6 is 0 Å². The molecule has 1 aliphatic carbocycles. The number of benzene rings is 1. The van der Waals surface area contributed by atoms with Gasteiger partial charge in [-0.1, -0.05) is 31.4 Å². The molecule has 0 amide bonds. The number of aromatic nitrogens is 2. The second-order valence-electron chi connectivity index (χ2n) is 5.95. The fraction of sp³-hybridized carbons (Fsp3) is 0.562. The summed E-state index contributed by atoms with van der Waals surface area (Å²) in [7, 11) is 2.02. The molecule has 0 spiro atoms. The molecule has 1 aliphatic rings. The second-order valence-corrected chi connectivity index (χ2v) is 5.95. The minimum Gasteiger partial charge on any atom is -0.330 e. The van der Waals surface area contributed by atoms with Gasteiger partial charge >= 0.3 is 0 Å². The monoisotopic (exact) mass is 257 g/mol. The van der Waals surface area contributed by atoms with Crippen molar-refractivity contribution < 1.29 is 0 Å². The molecule has 0 saturated heterocycles. The highest BCUT2D eigenvalue weighted by atomic mass is 15.3. The van der Waals surface area contributed by atoms with Gasteiger partial charge in [0, 0.05) is 24.4 Å². The van der Waals surface area contributed by atoms with Crippen molar-refractivity contribution in [1.29, 1.82) is 0 Å². The van der Waals surface area contributed by atoms with Crippen LogP contribution in [0.25, 0.3) is 10.9 Å². The third kappa shape index (κ3) is 1.88. The molecule has 0 aliphatic heterocycles. The molecule has 3 rings (SSSR count). The molecule has 3 heteroatoms. The van der Waals surface area contributed by atoms with E-state index < -0.39 is 0 Å². The van der Waals surface area contributed by atoms with E-state index in [9.17, 15) is 0 Å². The highest BCUT2D eigenvalue weighted by Gasteiger charge is 2.34. The van der Waals surface area contributed by atoms with E-state index in [2.05, 4.69) is 30.2 Å². The zero-order valence-corrected chi connectivity index (χ0v) is 11.9. The Balaban J connectivity index is 2.23. The molecule has 1 aromatic heterocycles. The first kappa shape index (κ1) is 12.7. The number of fused-ring (bicyclic) bond motifs is 1. The lowest BCUT2D eigenvalue weighted by atomic mass is 9.68. The average molecular weight is 257 g/mol. The smallest absolute Gasteiger partial charge is 0.0684 e. The van der Waals surface area contributed by atoms with Crippen LogP contribution < -0.4 is 5.73 Å². The minimum atomic E-state index is 0.172. The maximum atomic E-state index is 6.19. The Morgan fingerprint density at radius 1 is 1.26 bits per heavy atom. The van der Waals surface area contributed by atoms with Crippen molar-refractivity contribution in [3.8, 4) is 0 Å². The van der Waals surface area contributed by atoms with Crippen molar-refractivity contribution in [3.05, 3.63) is 29.5 Å². The Morgan fingerprint density at radius 2 is 2.00 bits per heavy atom. The molecule has 1 saturated carbocycles. The minimum absolute atomic E-state index is 0.172. The quantitative estimate of drug-likeness (QED) is 0.898. The summed E-state index contributed by atoms with van der Waals surface area (Å²) in [6.45, 7) is 2.86. The van der Waals surface area contributed by atoms with Crippen molar-refractivity contribution in [2.45, 2.75) is 44.4 Å². The zero-order valence-electron chi connectivity index (χ0n) is 11.9. The molecule has 0 radical (unpaired) electrons. The molecule has 19 heavy (non-hydrogen) atoms. The van der Waals surface area contributed by atoms with Gasteiger partial charge in [0.1, 0.15) is 0 Å². The summed E-state index contributed by atoms with van der Waals surface area (Å²) >= 11 is 0. The second kappa shape index (κ2) is 4.64. The predicted octanol–water partition coefficient (Wildman–Crippen LogP) is 3.04. The largest absolute Gasteiger partial charge is 0.330 e. The molecular formula is C16H23N3. The van der Waals surface area contributed by atoms with Crippen molar-refractivity contribution in [1.82, 2.24) is 9.78 Å². The fourth-order valence-corrected chi connectivity index (χ4v) is 3.77. The molecule has 102 valence electrons. The molecular weight excluding hydrogens is 234 g/mol. The van der Waals surface area contributed by atoms with Crippen LogP contribution in [0.3, 0.4) is 0 Å². The van der Waals surface area contributed by atoms with Gasteiger partial charge in [-0.15, -0.1) is 0 Å². The van der Waals surface area contributed by atoms with Crippen LogP contribution in [0.4, 0.5) is 0 Å². The van der Waals surface area contributed by atoms with Crippen molar-refractivity contribution in [2.75, 3.05) is 6.54 Å². The Morgan fingerprint density at radius 3 is 2.68 bits per heavy atom. The number of rotatable bonds is 2. The Labute approximate surface area is 114 Å². The lowest BCUT2D eigenvalue weighted by molar-refractivity contribution is 0.303. The van der Waals surface area contributed by atoms with E-state index in [-0.39, 0.29) is 5.41 Å². The maximum absolute atomic E-state index is 6.19. The molecule has 1 aromatic carbocycles. The third-order valence-electron chi connectivity index (χ3n) is 4.83. The lowest BCUT2D eigenvalue weighted by Gasteiger charge is -2.37. The molecule has 2 N–H and O–H groups in total. The van der Waals surface area contributed by atoms with Crippen LogP contribution in [0.1, 0.15) is 43.4 Å². The van der Waals surface area contributed by atoms with Crippen molar-refractivity contribution >= 4 is 10.9 Å². The fourth-order valence-electron chi connectivity index (χ4n) is 3.77. The van der Waals surface area contributed by atoms with Crippen LogP contribution in [0, 0.1) is 6.92 Å². The topological polar surface area (TPSA) is 43.8 Å². The average Bonchev–Trinajstić information content (AvgIpc) is 2.75. The Hall–Kier alpha value is -1.35. The first-order valence-corrected chi connectivity index (χ1v) is 7.31. The molecule has 0 bridgehead atoms. The van der Waals surface area contributed by atoms with Gasteiger partial charge in [-0.05, 0) is 31.4 Å². The van der Waals surface area contributed by atoms with Gasteiger partial charge in [0.05, 0.1) is 11.2 Å². The number of hydrogen-bond donors (Lipinski definition) is 1. The number of hydrogen-bond acceptors (Lipinski definition) is 2. The molecule has 0 atom stereocenters. The van der Waals surface area contributed by atoms with Crippen molar-refractivity contribution in [2.24, 2.45) is 12.8 Å². The molecule has 2 aromatic rings. The van der Waals surface area contributed by atoms with E-state index in [4.69, 9.17) is 5.73 Å². The number of aryl methyl sites for hydroxylation is 2. The van der Waals surface area contributed by atoms with Crippen LogP contribution in [0.5, 0.6) is 0 Å². The molecule has 3 nitrogen and oxygen atoms in total. The first-order valence-electron chi connectivity index (χ1n) is 7.31. The molecule has 1 heterocycles. The van der Waals surface area contributed by atoms with Crippen molar-refractivity contribution in [3.63, 3.8) is 0 Å². The zero-order chi connectivity index (χ0) is 13.5. The van der Waals surface area contributed by atoms with Gasteiger partial charge in [0.25, 0.3) is 0 Å². The van der Waals surface area contributed by atoms with E-state index in [1.807, 2.05) is 11.7 Å². The van der Waals surface area contributed by atoms with E-state index in [0.717, 1.165) is 12.2 Å². The van der Waals surface area contributed by atoms with Crippen LogP contribution in [0.15, 0.2) is 18.2 Å². The normalized spacial score (nSPS) is 18.9.